The highest BCUT2D eigenvalue weighted by atomic mass is 28.4. The van der Waals surface area contributed by atoms with Gasteiger partial charge in [-0.15, -0.1) is 0 Å². The zero-order valence-electron chi connectivity index (χ0n) is 31.1. The smallest absolute Gasteiger partial charge is 0.185 e. The molecule has 4 rings (SSSR count). The first kappa shape index (κ1) is 36.7. The molecule has 0 aliphatic heterocycles. The van der Waals surface area contributed by atoms with Gasteiger partial charge in [-0.05, 0) is 147 Å². The highest BCUT2D eigenvalue weighted by Gasteiger charge is 2.69. The van der Waals surface area contributed by atoms with E-state index in [-0.39, 0.29) is 16.9 Å². The maximum absolute atomic E-state index is 7.48. The lowest BCUT2D eigenvalue weighted by molar-refractivity contribution is -0.140. The Hall–Kier alpha value is -0.0825. The van der Waals surface area contributed by atoms with E-state index >= 15 is 0 Å². The van der Waals surface area contributed by atoms with Crippen molar-refractivity contribution >= 4 is 39.0 Å². The molecule has 0 bridgehead atoms. The van der Waals surface area contributed by atoms with Crippen LogP contribution in [0.4, 0.5) is 0 Å². The van der Waals surface area contributed by atoms with Crippen molar-refractivity contribution in [3.8, 4) is 0 Å². The van der Waals surface area contributed by atoms with E-state index in [1.807, 2.05) is 0 Å². The van der Waals surface area contributed by atoms with E-state index in [1.165, 1.54) is 6.42 Å². The molecule has 0 amide bonds. The second-order valence-electron chi connectivity index (χ2n) is 18.9. The first-order valence-electron chi connectivity index (χ1n) is 17.4. The van der Waals surface area contributed by atoms with Gasteiger partial charge in [0, 0.05) is 17.6 Å². The highest BCUT2D eigenvalue weighted by Crippen LogP contribution is 2.69. The third-order valence-corrected chi connectivity index (χ3v) is 14.9. The average Bonchev–Trinajstić information content (AvgIpc) is 3.10. The van der Waals surface area contributed by atoms with E-state index in [0.717, 1.165) is 44.2 Å². The van der Waals surface area contributed by atoms with Crippen LogP contribution in [0.1, 0.15) is 58.8 Å². The fraction of sp³-hybridized carbons (Fsp3) is 0.912. The fourth-order valence-corrected chi connectivity index (χ4v) is 14.1. The van der Waals surface area contributed by atoms with Crippen LogP contribution in [0.5, 0.6) is 0 Å². The van der Waals surface area contributed by atoms with Crippen LogP contribution in [-0.4, -0.2) is 70.5 Å². The number of nitrogens with zero attached hydrogens (tertiary/aromatic N) is 1. The van der Waals surface area contributed by atoms with Gasteiger partial charge in [-0.25, -0.2) is 0 Å². The summed E-state index contributed by atoms with van der Waals surface area (Å²) in [4.78, 5) is 5.61. The molecular weight excluding hydrogens is 615 g/mol. The largest absolute Gasteiger partial charge is 0.414 e. The molecule has 6 nitrogen and oxygen atoms in total. The maximum Gasteiger partial charge on any atom is 0.185 e. The molecular formula is C34H67NO5Si4. The van der Waals surface area contributed by atoms with Crippen LogP contribution in [0.2, 0.25) is 78.6 Å². The highest BCUT2D eigenvalue weighted by molar-refractivity contribution is 6.71. The molecule has 8 unspecified atom stereocenters. The van der Waals surface area contributed by atoms with Gasteiger partial charge < -0.3 is 22.5 Å². The summed E-state index contributed by atoms with van der Waals surface area (Å²) in [7, 11) is -5.57. The van der Waals surface area contributed by atoms with Crippen molar-refractivity contribution in [3.63, 3.8) is 0 Å². The predicted octanol–water partition coefficient (Wildman–Crippen LogP) is 9.44. The number of fused-ring (bicyclic) bond motifs is 5. The third kappa shape index (κ3) is 7.63. The minimum absolute atomic E-state index is 0.126. The van der Waals surface area contributed by atoms with Gasteiger partial charge in [-0.3, -0.25) is 0 Å². The quantitative estimate of drug-likeness (QED) is 0.0941. The minimum Gasteiger partial charge on any atom is -0.414 e. The Balaban J connectivity index is 1.81. The molecule has 0 aromatic heterocycles. The van der Waals surface area contributed by atoms with Crippen LogP contribution in [0, 0.1) is 28.6 Å². The van der Waals surface area contributed by atoms with Gasteiger partial charge in [-0.1, -0.05) is 30.7 Å². The topological polar surface area (TPSA) is 58.5 Å². The van der Waals surface area contributed by atoms with Gasteiger partial charge in [0.05, 0.1) is 6.61 Å². The van der Waals surface area contributed by atoms with Crippen molar-refractivity contribution in [2.45, 2.75) is 155 Å². The molecule has 254 valence electrons. The first-order valence-corrected chi connectivity index (χ1v) is 31.1. The summed E-state index contributed by atoms with van der Waals surface area (Å²) < 4.78 is 28.1. The maximum atomic E-state index is 7.48. The summed E-state index contributed by atoms with van der Waals surface area (Å²) in [5.74, 6) is 1.61. The summed E-state index contributed by atoms with van der Waals surface area (Å²) in [5.41, 5.74) is 2.12. The average molecular weight is 682 g/mol. The molecule has 0 aromatic carbocycles. The van der Waals surface area contributed by atoms with Crippen molar-refractivity contribution in [1.82, 2.24) is 0 Å². The van der Waals surface area contributed by atoms with Gasteiger partial charge in [0.2, 0.25) is 0 Å². The van der Waals surface area contributed by atoms with E-state index in [4.69, 9.17) is 27.7 Å². The molecule has 3 fully saturated rings. The molecule has 0 aromatic rings. The Bertz CT molecular complexity index is 1100. The lowest BCUT2D eigenvalue weighted by Gasteiger charge is -2.63. The molecule has 0 N–H and O–H groups in total. The number of oxime groups is 1. The summed E-state index contributed by atoms with van der Waals surface area (Å²) in [5, 5.41) is 4.78. The molecule has 0 radical (unpaired) electrons. The second kappa shape index (κ2) is 12.4. The standard InChI is InChI=1S/C34H67NO5Si4/c1-32-20-18-26(38-42(7,8)9)22-25(32)16-17-27-28-19-21-34(40-44(13,14)15,30(35-36-3)24-37-41(4,5)6)33(28,2)23-29(31(27)32)39-43(10,11)12/h16,26-29,31H,17-24H2,1-15H3/b35-30+. The predicted molar refractivity (Wildman–Crippen MR) is 194 cm³/mol. The van der Waals surface area contributed by atoms with Crippen LogP contribution in [0.3, 0.4) is 0 Å². The number of hydrogen-bond donors (Lipinski definition) is 0. The van der Waals surface area contributed by atoms with Crippen LogP contribution in [-0.2, 0) is 22.5 Å². The summed E-state index contributed by atoms with van der Waals surface area (Å²) >= 11 is 0. The van der Waals surface area contributed by atoms with Gasteiger partial charge in [-0.2, -0.15) is 0 Å². The molecule has 0 heterocycles. The molecule has 44 heavy (non-hydrogen) atoms. The van der Waals surface area contributed by atoms with E-state index in [9.17, 15) is 0 Å². The molecule has 4 aliphatic carbocycles. The second-order valence-corrected chi connectivity index (χ2v) is 36.7. The first-order chi connectivity index (χ1) is 19.9. The Morgan fingerprint density at radius 3 is 2.02 bits per heavy atom. The molecule has 10 heteroatoms. The fourth-order valence-electron chi connectivity index (χ4n) is 9.71. The normalized spacial score (nSPS) is 38.5. The summed E-state index contributed by atoms with van der Waals surface area (Å²) in [6.45, 7) is 33.4. The lowest BCUT2D eigenvalue weighted by atomic mass is 9.46. The van der Waals surface area contributed by atoms with Crippen molar-refractivity contribution in [3.05, 3.63) is 11.6 Å². The van der Waals surface area contributed by atoms with Crippen LogP contribution in [0.15, 0.2) is 16.8 Å². The molecule has 0 saturated heterocycles. The lowest BCUT2D eigenvalue weighted by Crippen LogP contribution is -2.65. The SMILES string of the molecule is CO/N=C(\CO[Si](C)(C)C)C1(O[Si](C)(C)C)CCC2C3CC=C4CC(O[Si](C)(C)C)CCC4(C)C3C(O[Si](C)(C)C)CC21C. The zero-order chi connectivity index (χ0) is 33.1. The molecule has 3 saturated carbocycles. The third-order valence-electron chi connectivity index (χ3n) is 10.9. The minimum atomic E-state index is -2.00. The van der Waals surface area contributed by atoms with E-state index < -0.39 is 38.9 Å². The molecule has 0 spiro atoms. The van der Waals surface area contributed by atoms with Gasteiger partial charge in [0.15, 0.2) is 33.3 Å². The van der Waals surface area contributed by atoms with E-state index in [1.54, 1.807) is 12.7 Å². The van der Waals surface area contributed by atoms with E-state index in [2.05, 4.69) is 98.5 Å². The Morgan fingerprint density at radius 2 is 1.48 bits per heavy atom. The monoisotopic (exact) mass is 681 g/mol. The van der Waals surface area contributed by atoms with Crippen LogP contribution in [0.25, 0.3) is 0 Å². The Kier molecular flexibility index (Phi) is 10.4. The van der Waals surface area contributed by atoms with Crippen LogP contribution >= 0.6 is 0 Å². The van der Waals surface area contributed by atoms with Crippen molar-refractivity contribution in [1.29, 1.82) is 0 Å². The van der Waals surface area contributed by atoms with Gasteiger partial charge >= 0.3 is 0 Å². The van der Waals surface area contributed by atoms with Crippen LogP contribution < -0.4 is 0 Å². The van der Waals surface area contributed by atoms with Gasteiger partial charge in [0.25, 0.3) is 0 Å². The molecule has 8 atom stereocenters. The number of rotatable bonds is 11. The number of hydrogen-bond acceptors (Lipinski definition) is 6. The Labute approximate surface area is 275 Å². The van der Waals surface area contributed by atoms with Gasteiger partial charge in [0.1, 0.15) is 18.4 Å². The summed E-state index contributed by atoms with van der Waals surface area (Å²) in [6, 6.07) is 0. The zero-order valence-corrected chi connectivity index (χ0v) is 35.1. The number of allylic oxidation sites excluding steroid dienone is 1. The Morgan fingerprint density at radius 1 is 0.841 bits per heavy atom. The van der Waals surface area contributed by atoms with Crippen molar-refractivity contribution < 1.29 is 22.5 Å². The van der Waals surface area contributed by atoms with Crippen molar-refractivity contribution in [2.24, 2.45) is 33.7 Å². The molecule has 4 aliphatic rings. The van der Waals surface area contributed by atoms with Crippen molar-refractivity contribution in [2.75, 3.05) is 13.7 Å². The van der Waals surface area contributed by atoms with E-state index in [0.29, 0.717) is 30.5 Å². The summed E-state index contributed by atoms with van der Waals surface area (Å²) in [6.07, 6.45) is 10.9.